The van der Waals surface area contributed by atoms with Crippen molar-refractivity contribution >= 4 is 11.9 Å². The van der Waals surface area contributed by atoms with E-state index < -0.39 is 0 Å². The Labute approximate surface area is 125 Å². The normalized spacial score (nSPS) is 13.7. The summed E-state index contributed by atoms with van der Waals surface area (Å²) in [4.78, 5) is 20.5. The third-order valence-electron chi connectivity index (χ3n) is 1.71. The molecular weight excluding hydrogens is 274 g/mol. The van der Waals surface area contributed by atoms with E-state index in [-0.39, 0.29) is 18.0 Å². The molecule has 1 unspecified atom stereocenters. The topological polar surface area (TPSA) is 88.9 Å². The molecule has 1 rings (SSSR count). The zero-order chi connectivity index (χ0) is 16.8. The molecular formula is C15H21NO5. The molecule has 21 heavy (non-hydrogen) atoms. The van der Waals surface area contributed by atoms with Crippen molar-refractivity contribution in [1.29, 1.82) is 5.26 Å². The molecule has 6 heteroatoms. The van der Waals surface area contributed by atoms with Crippen molar-refractivity contribution in [3.05, 3.63) is 37.0 Å². The molecule has 1 heterocycles. The molecule has 0 aliphatic carbocycles. The maximum absolute atomic E-state index is 10.3. The summed E-state index contributed by atoms with van der Waals surface area (Å²) >= 11 is 0. The van der Waals surface area contributed by atoms with Gasteiger partial charge in [0.1, 0.15) is 12.7 Å². The van der Waals surface area contributed by atoms with Gasteiger partial charge in [0.2, 0.25) is 0 Å². The van der Waals surface area contributed by atoms with Crippen LogP contribution in [0.15, 0.2) is 37.0 Å². The average Bonchev–Trinajstić information content (AvgIpc) is 3.29. The fourth-order valence-corrected chi connectivity index (χ4v) is 0.573. The number of hydrogen-bond donors (Lipinski definition) is 0. The molecule has 0 radical (unpaired) electrons. The molecule has 1 aliphatic rings. The number of rotatable bonds is 4. The molecule has 1 aliphatic heterocycles. The number of carbonyl (C=O) groups excluding carboxylic acids is 2. The number of allylic oxidation sites excluding steroid dienone is 1. The summed E-state index contributed by atoms with van der Waals surface area (Å²) in [5.41, 5.74) is 0.993. The second kappa shape index (κ2) is 12.6. The lowest BCUT2D eigenvalue weighted by Gasteiger charge is -1.94. The molecule has 0 aromatic carbocycles. The Balaban J connectivity index is 0. The Morgan fingerprint density at radius 2 is 1.90 bits per heavy atom. The summed E-state index contributed by atoms with van der Waals surface area (Å²) in [6.07, 6.45) is 1.29. The monoisotopic (exact) mass is 295 g/mol. The Morgan fingerprint density at radius 3 is 2.10 bits per heavy atom. The van der Waals surface area contributed by atoms with Crippen LogP contribution in [-0.2, 0) is 23.8 Å². The minimum Gasteiger partial charge on any atom is -0.466 e. The van der Waals surface area contributed by atoms with Crippen LogP contribution in [0.1, 0.15) is 13.8 Å². The van der Waals surface area contributed by atoms with Gasteiger partial charge in [-0.1, -0.05) is 19.7 Å². The molecule has 1 saturated heterocycles. The van der Waals surface area contributed by atoms with Gasteiger partial charge in [-0.25, -0.2) is 9.59 Å². The molecule has 0 amide bonds. The van der Waals surface area contributed by atoms with E-state index >= 15 is 0 Å². The second-order valence-electron chi connectivity index (χ2n) is 3.95. The highest BCUT2D eigenvalue weighted by molar-refractivity contribution is 5.86. The SMILES string of the molecule is C=C(C)C#N.C=C(C)C(=O)OC.C=CC(=O)OCC1CO1. The maximum atomic E-state index is 10.3. The molecule has 0 spiro atoms. The number of carbonyl (C=O) groups is 2. The van der Waals surface area contributed by atoms with E-state index in [2.05, 4.69) is 29.2 Å². The van der Waals surface area contributed by atoms with Crippen LogP contribution in [0.5, 0.6) is 0 Å². The first kappa shape index (κ1) is 20.9. The van der Waals surface area contributed by atoms with Crippen molar-refractivity contribution in [2.45, 2.75) is 20.0 Å². The molecule has 0 bridgehead atoms. The van der Waals surface area contributed by atoms with Gasteiger partial charge in [-0.2, -0.15) is 5.26 Å². The fraction of sp³-hybridized carbons (Fsp3) is 0.400. The number of esters is 2. The van der Waals surface area contributed by atoms with E-state index in [9.17, 15) is 9.59 Å². The number of epoxide rings is 1. The van der Waals surface area contributed by atoms with E-state index in [4.69, 9.17) is 10.00 Å². The van der Waals surface area contributed by atoms with Gasteiger partial charge in [0.15, 0.2) is 0 Å². The van der Waals surface area contributed by atoms with Crippen LogP contribution in [0, 0.1) is 11.3 Å². The fourth-order valence-electron chi connectivity index (χ4n) is 0.573. The summed E-state index contributed by atoms with van der Waals surface area (Å²) in [6, 6.07) is 1.83. The molecule has 1 fully saturated rings. The average molecular weight is 295 g/mol. The molecule has 116 valence electrons. The summed E-state index contributed by atoms with van der Waals surface area (Å²) in [7, 11) is 1.33. The van der Waals surface area contributed by atoms with Gasteiger partial charge in [-0.3, -0.25) is 0 Å². The number of methoxy groups -OCH3 is 1. The van der Waals surface area contributed by atoms with Gasteiger partial charge in [0.25, 0.3) is 0 Å². The summed E-state index contributed by atoms with van der Waals surface area (Å²) in [6.45, 7) is 14.3. The smallest absolute Gasteiger partial charge is 0.332 e. The van der Waals surface area contributed by atoms with E-state index in [0.29, 0.717) is 24.4 Å². The van der Waals surface area contributed by atoms with Crippen LogP contribution >= 0.6 is 0 Å². The highest BCUT2D eigenvalue weighted by Crippen LogP contribution is 2.08. The Morgan fingerprint density at radius 1 is 1.43 bits per heavy atom. The molecule has 0 aromatic rings. The largest absolute Gasteiger partial charge is 0.466 e. The molecule has 0 saturated carbocycles. The zero-order valence-electron chi connectivity index (χ0n) is 12.7. The standard InChI is InChI=1S/C6H8O3.C5H8O2.C4H5N/c1-2-6(7)9-4-5-3-8-5;1-4(2)5(6)7-3;1-4(2)3-5/h2,5H,1,3-4H2;1H2,2-3H3;1H2,2H3. The first-order valence-corrected chi connectivity index (χ1v) is 5.98. The van der Waals surface area contributed by atoms with Crippen molar-refractivity contribution in [3.63, 3.8) is 0 Å². The van der Waals surface area contributed by atoms with Crippen molar-refractivity contribution in [3.8, 4) is 6.07 Å². The van der Waals surface area contributed by atoms with Gasteiger partial charge in [0.05, 0.1) is 19.8 Å². The van der Waals surface area contributed by atoms with Crippen LogP contribution in [-0.4, -0.2) is 38.4 Å². The van der Waals surface area contributed by atoms with Crippen molar-refractivity contribution < 1.29 is 23.8 Å². The predicted molar refractivity (Wildman–Crippen MR) is 78.2 cm³/mol. The summed E-state index contributed by atoms with van der Waals surface area (Å²) < 4.78 is 13.7. The number of ether oxygens (including phenoxy) is 3. The summed E-state index contributed by atoms with van der Waals surface area (Å²) in [5, 5.41) is 7.79. The van der Waals surface area contributed by atoms with Gasteiger partial charge < -0.3 is 14.2 Å². The first-order valence-electron chi connectivity index (χ1n) is 5.98. The van der Waals surface area contributed by atoms with Crippen LogP contribution in [0.2, 0.25) is 0 Å². The van der Waals surface area contributed by atoms with Gasteiger partial charge in [0, 0.05) is 17.2 Å². The quantitative estimate of drug-likeness (QED) is 0.341. The van der Waals surface area contributed by atoms with Crippen LogP contribution in [0.4, 0.5) is 0 Å². The van der Waals surface area contributed by atoms with E-state index in [1.807, 2.05) is 6.07 Å². The van der Waals surface area contributed by atoms with Gasteiger partial charge in [-0.15, -0.1) is 0 Å². The summed E-state index contributed by atoms with van der Waals surface area (Å²) in [5.74, 6) is -0.731. The number of hydrogen-bond acceptors (Lipinski definition) is 6. The molecule has 0 aromatic heterocycles. The lowest BCUT2D eigenvalue weighted by atomic mass is 10.4. The van der Waals surface area contributed by atoms with Gasteiger partial charge >= 0.3 is 11.9 Å². The third-order valence-corrected chi connectivity index (χ3v) is 1.71. The Kier molecular flexibility index (Phi) is 12.6. The highest BCUT2D eigenvalue weighted by Gasteiger charge is 2.23. The first-order chi connectivity index (χ1) is 9.78. The lowest BCUT2D eigenvalue weighted by Crippen LogP contribution is -2.06. The third kappa shape index (κ3) is 17.6. The van der Waals surface area contributed by atoms with Gasteiger partial charge in [-0.05, 0) is 13.8 Å². The van der Waals surface area contributed by atoms with E-state index in [1.165, 1.54) is 7.11 Å². The number of nitrogens with zero attached hydrogens (tertiary/aromatic N) is 1. The maximum Gasteiger partial charge on any atom is 0.332 e. The predicted octanol–water partition coefficient (Wildman–Crippen LogP) is 1.94. The molecule has 0 N–H and O–H groups in total. The minimum absolute atomic E-state index is 0.147. The van der Waals surface area contributed by atoms with Crippen LogP contribution in [0.3, 0.4) is 0 Å². The molecule has 1 atom stereocenters. The van der Waals surface area contributed by atoms with Crippen molar-refractivity contribution in [1.82, 2.24) is 0 Å². The second-order valence-corrected chi connectivity index (χ2v) is 3.95. The van der Waals surface area contributed by atoms with E-state index in [1.54, 1.807) is 13.8 Å². The number of nitriles is 1. The van der Waals surface area contributed by atoms with Crippen molar-refractivity contribution in [2.24, 2.45) is 0 Å². The minimum atomic E-state index is -0.384. The molecule has 6 nitrogen and oxygen atoms in total. The van der Waals surface area contributed by atoms with Crippen molar-refractivity contribution in [2.75, 3.05) is 20.3 Å². The van der Waals surface area contributed by atoms with Crippen LogP contribution in [0.25, 0.3) is 0 Å². The Hall–Kier alpha value is -2.39. The highest BCUT2D eigenvalue weighted by atomic mass is 16.6. The van der Waals surface area contributed by atoms with Crippen LogP contribution < -0.4 is 0 Å². The zero-order valence-corrected chi connectivity index (χ0v) is 12.7. The Bertz CT molecular complexity index is 430. The lowest BCUT2D eigenvalue weighted by molar-refractivity contribution is -0.138. The van der Waals surface area contributed by atoms with E-state index in [0.717, 1.165) is 6.08 Å².